The predicted octanol–water partition coefficient (Wildman–Crippen LogP) is 1.89. The molecule has 0 atom stereocenters. The number of nitrogens with zero attached hydrogens (tertiary/aromatic N) is 4. The van der Waals surface area contributed by atoms with Gasteiger partial charge >= 0.3 is 0 Å². The van der Waals surface area contributed by atoms with Gasteiger partial charge in [-0.3, -0.25) is 19.1 Å². The Morgan fingerprint density at radius 1 is 1.21 bits per heavy atom. The molecule has 0 aliphatic carbocycles. The number of amides is 1. The number of sulfonamides is 1. The van der Waals surface area contributed by atoms with Crippen LogP contribution in [0.1, 0.15) is 21.5 Å². The van der Waals surface area contributed by atoms with Gasteiger partial charge in [0.05, 0.1) is 17.5 Å². The summed E-state index contributed by atoms with van der Waals surface area (Å²) in [6.07, 6.45) is 5.87. The lowest BCUT2D eigenvalue weighted by molar-refractivity contribution is 0.0764. The van der Waals surface area contributed by atoms with E-state index in [4.69, 9.17) is 0 Å². The number of aromatic hydroxyl groups is 1. The number of fused-ring (bicyclic) bond motifs is 2. The smallest absolute Gasteiger partial charge is 0.258 e. The number of benzene rings is 1. The molecule has 2 aromatic heterocycles. The predicted molar refractivity (Wildman–Crippen MR) is 104 cm³/mol. The number of hydrogen-bond acceptors (Lipinski definition) is 6. The first-order valence-electron chi connectivity index (χ1n) is 8.53. The van der Waals surface area contributed by atoms with Crippen molar-refractivity contribution in [1.29, 1.82) is 0 Å². The van der Waals surface area contributed by atoms with Crippen LogP contribution < -0.4 is 4.31 Å². The van der Waals surface area contributed by atoms with Gasteiger partial charge in [-0.25, -0.2) is 8.42 Å². The first-order chi connectivity index (χ1) is 13.3. The SMILES string of the molecule is CN(c1c2c(c(O)c3ncccc13)C(=O)N(Cc1ccncc1)C2)S(C)(=O)=O. The molecule has 0 saturated carbocycles. The van der Waals surface area contributed by atoms with E-state index in [9.17, 15) is 18.3 Å². The summed E-state index contributed by atoms with van der Waals surface area (Å²) < 4.78 is 25.6. The van der Waals surface area contributed by atoms with Crippen LogP contribution in [0.4, 0.5) is 5.69 Å². The second-order valence-corrected chi connectivity index (χ2v) is 8.71. The summed E-state index contributed by atoms with van der Waals surface area (Å²) in [4.78, 5) is 22.8. The van der Waals surface area contributed by atoms with Gasteiger partial charge in [-0.15, -0.1) is 0 Å². The van der Waals surface area contributed by atoms with E-state index in [1.54, 1.807) is 41.6 Å². The van der Waals surface area contributed by atoms with Crippen LogP contribution in [0, 0.1) is 0 Å². The Balaban J connectivity index is 1.92. The van der Waals surface area contributed by atoms with Crippen LogP contribution in [0.15, 0.2) is 42.9 Å². The average Bonchev–Trinajstić information content (AvgIpc) is 2.98. The summed E-state index contributed by atoms with van der Waals surface area (Å²) in [5.74, 6) is -0.585. The van der Waals surface area contributed by atoms with Crippen LogP contribution in [-0.2, 0) is 23.1 Å². The van der Waals surface area contributed by atoms with E-state index >= 15 is 0 Å². The van der Waals surface area contributed by atoms with E-state index in [1.165, 1.54) is 13.2 Å². The Labute approximate surface area is 162 Å². The molecule has 1 aliphatic heterocycles. The molecule has 1 aliphatic rings. The van der Waals surface area contributed by atoms with E-state index < -0.39 is 10.0 Å². The van der Waals surface area contributed by atoms with Gasteiger partial charge in [0.15, 0.2) is 5.75 Å². The Hall–Kier alpha value is -3.20. The molecule has 28 heavy (non-hydrogen) atoms. The minimum absolute atomic E-state index is 0.103. The molecule has 9 heteroatoms. The molecule has 0 unspecified atom stereocenters. The fourth-order valence-corrected chi connectivity index (χ4v) is 4.03. The van der Waals surface area contributed by atoms with Crippen LogP contribution in [0.2, 0.25) is 0 Å². The Bertz CT molecular complexity index is 1200. The molecule has 0 fully saturated rings. The fourth-order valence-electron chi connectivity index (χ4n) is 3.49. The van der Waals surface area contributed by atoms with Crippen LogP contribution in [0.3, 0.4) is 0 Å². The van der Waals surface area contributed by atoms with Crippen molar-refractivity contribution in [3.63, 3.8) is 0 Å². The quantitative estimate of drug-likeness (QED) is 0.720. The maximum absolute atomic E-state index is 13.0. The van der Waals surface area contributed by atoms with Crippen molar-refractivity contribution in [2.45, 2.75) is 13.1 Å². The first kappa shape index (κ1) is 18.2. The molecule has 3 heterocycles. The lowest BCUT2D eigenvalue weighted by Gasteiger charge is -2.22. The zero-order valence-corrected chi connectivity index (χ0v) is 16.1. The third-order valence-electron chi connectivity index (χ3n) is 4.90. The molecule has 8 nitrogen and oxygen atoms in total. The minimum atomic E-state index is -3.59. The summed E-state index contributed by atoms with van der Waals surface area (Å²) in [6, 6.07) is 6.96. The second-order valence-electron chi connectivity index (χ2n) is 6.70. The molecule has 1 amide bonds. The topological polar surface area (TPSA) is 104 Å². The van der Waals surface area contributed by atoms with Crippen LogP contribution >= 0.6 is 0 Å². The van der Waals surface area contributed by atoms with E-state index in [2.05, 4.69) is 9.97 Å². The van der Waals surface area contributed by atoms with E-state index in [0.29, 0.717) is 23.2 Å². The highest BCUT2D eigenvalue weighted by Crippen LogP contribution is 2.44. The molecule has 1 aromatic carbocycles. The van der Waals surface area contributed by atoms with Crippen molar-refractivity contribution in [1.82, 2.24) is 14.9 Å². The van der Waals surface area contributed by atoms with E-state index in [0.717, 1.165) is 16.1 Å². The minimum Gasteiger partial charge on any atom is -0.505 e. The molecule has 3 aromatic rings. The van der Waals surface area contributed by atoms with Crippen LogP contribution in [-0.4, -0.2) is 47.6 Å². The van der Waals surface area contributed by atoms with Gasteiger partial charge in [-0.1, -0.05) is 0 Å². The lowest BCUT2D eigenvalue weighted by Crippen LogP contribution is -2.26. The maximum atomic E-state index is 13.0. The number of anilines is 1. The normalized spacial score (nSPS) is 13.8. The van der Waals surface area contributed by atoms with Crippen molar-refractivity contribution < 1.29 is 18.3 Å². The summed E-state index contributed by atoms with van der Waals surface area (Å²) in [6.45, 7) is 0.505. The molecule has 0 radical (unpaired) electrons. The molecule has 0 bridgehead atoms. The van der Waals surface area contributed by atoms with E-state index in [-0.39, 0.29) is 29.3 Å². The monoisotopic (exact) mass is 398 g/mol. The number of pyridine rings is 2. The fraction of sp³-hybridized carbons (Fsp3) is 0.211. The van der Waals surface area contributed by atoms with Gasteiger partial charge in [-0.05, 0) is 29.8 Å². The summed E-state index contributed by atoms with van der Waals surface area (Å²) in [7, 11) is -2.15. The van der Waals surface area contributed by atoms with Crippen molar-refractivity contribution in [2.24, 2.45) is 0 Å². The van der Waals surface area contributed by atoms with Gasteiger partial charge in [0.2, 0.25) is 10.0 Å². The number of phenolic OH excluding ortho intramolecular Hbond substituents is 1. The largest absolute Gasteiger partial charge is 0.505 e. The van der Waals surface area contributed by atoms with Gasteiger partial charge in [0.1, 0.15) is 5.52 Å². The molecular weight excluding hydrogens is 380 g/mol. The standard InChI is InChI=1S/C19H18N4O4S/c1-22(28(2,26)27)17-13-4-3-7-21-16(13)18(24)15-14(17)11-23(19(15)25)10-12-5-8-20-9-6-12/h3-9,24H,10-11H2,1-2H3. The summed E-state index contributed by atoms with van der Waals surface area (Å²) in [5, 5.41) is 11.2. The van der Waals surface area contributed by atoms with Crippen molar-refractivity contribution in [2.75, 3.05) is 17.6 Å². The zero-order chi connectivity index (χ0) is 20.1. The highest BCUT2D eigenvalue weighted by Gasteiger charge is 2.37. The highest BCUT2D eigenvalue weighted by atomic mass is 32.2. The number of aromatic nitrogens is 2. The number of rotatable bonds is 4. The maximum Gasteiger partial charge on any atom is 0.258 e. The average molecular weight is 398 g/mol. The molecule has 1 N–H and O–H groups in total. The van der Waals surface area contributed by atoms with Crippen molar-refractivity contribution >= 4 is 32.5 Å². The number of hydrogen-bond donors (Lipinski definition) is 1. The Morgan fingerprint density at radius 2 is 1.93 bits per heavy atom. The molecule has 144 valence electrons. The van der Waals surface area contributed by atoms with Crippen LogP contribution in [0.5, 0.6) is 5.75 Å². The Kier molecular flexibility index (Phi) is 4.19. The number of carbonyl (C=O) groups excluding carboxylic acids is 1. The van der Waals surface area contributed by atoms with Crippen molar-refractivity contribution in [3.8, 4) is 5.75 Å². The summed E-state index contributed by atoms with van der Waals surface area (Å²) in [5.41, 5.74) is 2.03. The molecular formula is C19H18N4O4S. The second kappa shape index (κ2) is 6.45. The summed E-state index contributed by atoms with van der Waals surface area (Å²) >= 11 is 0. The van der Waals surface area contributed by atoms with E-state index in [1.807, 2.05) is 0 Å². The third kappa shape index (κ3) is 2.84. The van der Waals surface area contributed by atoms with Gasteiger partial charge in [-0.2, -0.15) is 0 Å². The lowest BCUT2D eigenvalue weighted by atomic mass is 10.0. The van der Waals surface area contributed by atoms with Crippen molar-refractivity contribution in [3.05, 3.63) is 59.5 Å². The molecule has 4 rings (SSSR count). The molecule has 0 saturated heterocycles. The zero-order valence-electron chi connectivity index (χ0n) is 15.3. The first-order valence-corrected chi connectivity index (χ1v) is 10.4. The van der Waals surface area contributed by atoms with Crippen LogP contribution in [0.25, 0.3) is 10.9 Å². The Morgan fingerprint density at radius 3 is 2.61 bits per heavy atom. The van der Waals surface area contributed by atoms with Gasteiger partial charge < -0.3 is 10.0 Å². The molecule has 0 spiro atoms. The third-order valence-corrected chi connectivity index (χ3v) is 6.07. The number of phenols is 1. The van der Waals surface area contributed by atoms with Gasteiger partial charge in [0, 0.05) is 49.7 Å². The highest BCUT2D eigenvalue weighted by molar-refractivity contribution is 7.92. The van der Waals surface area contributed by atoms with Gasteiger partial charge in [0.25, 0.3) is 5.91 Å². The number of carbonyl (C=O) groups is 1.